The van der Waals surface area contributed by atoms with Crippen molar-refractivity contribution in [2.24, 2.45) is 5.41 Å². The third-order valence-corrected chi connectivity index (χ3v) is 1.18. The van der Waals surface area contributed by atoms with Gasteiger partial charge >= 0.3 is 5.97 Å². The first-order chi connectivity index (χ1) is 3.98. The highest BCUT2D eigenvalue weighted by molar-refractivity contribution is 5.67. The molecule has 2 heteroatoms. The Balaban J connectivity index is 3.71. The van der Waals surface area contributed by atoms with Crippen LogP contribution in [0.15, 0.2) is 0 Å². The number of hydrogen-bond donors (Lipinski definition) is 1. The lowest BCUT2D eigenvalue weighted by molar-refractivity contribution is -0.139. The maximum atomic E-state index is 10.1. The van der Waals surface area contributed by atoms with Crippen LogP contribution in [0, 0.1) is 12.3 Å². The number of carbonyl (C=O) groups is 1. The van der Waals surface area contributed by atoms with Crippen LogP contribution in [0.25, 0.3) is 0 Å². The van der Waals surface area contributed by atoms with Crippen molar-refractivity contribution in [3.63, 3.8) is 0 Å². The molecule has 0 aromatic carbocycles. The van der Waals surface area contributed by atoms with E-state index in [9.17, 15) is 4.79 Å². The number of carboxylic acids is 1. The van der Waals surface area contributed by atoms with E-state index in [0.29, 0.717) is 6.42 Å². The van der Waals surface area contributed by atoms with Gasteiger partial charge in [-0.15, -0.1) is 0 Å². The number of rotatable bonds is 3. The first kappa shape index (κ1) is 8.47. The zero-order valence-electron chi connectivity index (χ0n) is 5.85. The molecule has 0 amide bonds. The van der Waals surface area contributed by atoms with Gasteiger partial charge in [-0.25, -0.2) is 0 Å². The van der Waals surface area contributed by atoms with Crippen molar-refractivity contribution in [1.29, 1.82) is 0 Å². The summed E-state index contributed by atoms with van der Waals surface area (Å²) >= 11 is 0. The summed E-state index contributed by atoms with van der Waals surface area (Å²) in [4.78, 5) is 10.1. The quantitative estimate of drug-likeness (QED) is 0.626. The molecule has 0 rings (SSSR count). The van der Waals surface area contributed by atoms with Crippen LogP contribution < -0.4 is 0 Å². The van der Waals surface area contributed by atoms with E-state index in [2.05, 4.69) is 0 Å². The van der Waals surface area contributed by atoms with Crippen molar-refractivity contribution < 1.29 is 9.90 Å². The van der Waals surface area contributed by atoms with Crippen LogP contribution in [0.5, 0.6) is 0 Å². The molecule has 0 aromatic rings. The zero-order valence-corrected chi connectivity index (χ0v) is 5.85. The highest BCUT2D eigenvalue weighted by Gasteiger charge is 2.18. The van der Waals surface area contributed by atoms with Crippen LogP contribution in [0.1, 0.15) is 26.7 Å². The van der Waals surface area contributed by atoms with Crippen LogP contribution in [-0.2, 0) is 4.79 Å². The van der Waals surface area contributed by atoms with Crippen LogP contribution in [0.4, 0.5) is 0 Å². The van der Waals surface area contributed by atoms with Gasteiger partial charge in [0, 0.05) is 0 Å². The summed E-state index contributed by atoms with van der Waals surface area (Å²) in [5.74, 6) is -0.787. The number of carboxylic acid groups (broad SMARTS) is 1. The van der Waals surface area contributed by atoms with Gasteiger partial charge in [0.25, 0.3) is 0 Å². The van der Waals surface area contributed by atoms with E-state index < -0.39 is 5.97 Å². The second-order valence-electron chi connectivity index (χ2n) is 2.94. The smallest absolute Gasteiger partial charge is 0.303 e. The molecule has 9 heavy (non-hydrogen) atoms. The molecule has 0 aliphatic rings. The molecule has 0 fully saturated rings. The van der Waals surface area contributed by atoms with E-state index in [4.69, 9.17) is 12.0 Å². The van der Waals surface area contributed by atoms with Gasteiger partial charge in [0.2, 0.25) is 0 Å². The lowest BCUT2D eigenvalue weighted by atomic mass is 9.87. The maximum Gasteiger partial charge on any atom is 0.303 e. The van der Waals surface area contributed by atoms with Gasteiger partial charge in [0.15, 0.2) is 0 Å². The van der Waals surface area contributed by atoms with Gasteiger partial charge in [-0.1, -0.05) is 13.8 Å². The van der Waals surface area contributed by atoms with E-state index in [0.717, 1.165) is 0 Å². The fraction of sp³-hybridized carbons (Fsp3) is 0.714. The summed E-state index contributed by atoms with van der Waals surface area (Å²) in [6.45, 7) is 8.96. The topological polar surface area (TPSA) is 37.3 Å². The van der Waals surface area contributed by atoms with Crippen molar-refractivity contribution in [2.45, 2.75) is 26.7 Å². The van der Waals surface area contributed by atoms with Gasteiger partial charge in [0.05, 0.1) is 6.42 Å². The predicted octanol–water partition coefficient (Wildman–Crippen LogP) is 1.59. The fourth-order valence-electron chi connectivity index (χ4n) is 0.482. The minimum atomic E-state index is -0.787. The molecule has 0 atom stereocenters. The van der Waals surface area contributed by atoms with Gasteiger partial charge in [0.1, 0.15) is 0 Å². The summed E-state index contributed by atoms with van der Waals surface area (Å²) in [6.07, 6.45) is 0.558. The largest absolute Gasteiger partial charge is 0.481 e. The van der Waals surface area contributed by atoms with Crippen LogP contribution >= 0.6 is 0 Å². The number of aliphatic carboxylic acids is 1. The standard InChI is InChI=1S/C7H12O2/c1-4-7(2,3)5-6(8)9/h1H,4-5H2,2-3H3,(H,8,9). The third kappa shape index (κ3) is 4.01. The lowest BCUT2D eigenvalue weighted by Gasteiger charge is -2.18. The molecule has 0 aromatic heterocycles. The molecule has 2 radical (unpaired) electrons. The Hall–Kier alpha value is -0.530. The summed E-state index contributed by atoms with van der Waals surface area (Å²) in [7, 11) is 0. The zero-order chi connectivity index (χ0) is 7.49. The predicted molar refractivity (Wildman–Crippen MR) is 35.0 cm³/mol. The Kier molecular flexibility index (Phi) is 2.68. The normalized spacial score (nSPS) is 11.4. The maximum absolute atomic E-state index is 10.1. The molecule has 0 bridgehead atoms. The molecule has 52 valence electrons. The average molecular weight is 128 g/mol. The van der Waals surface area contributed by atoms with Crippen LogP contribution in [0.3, 0.4) is 0 Å². The highest BCUT2D eigenvalue weighted by atomic mass is 16.4. The first-order valence-corrected chi connectivity index (χ1v) is 2.90. The Morgan fingerprint density at radius 3 is 2.22 bits per heavy atom. The van der Waals surface area contributed by atoms with E-state index >= 15 is 0 Å². The van der Waals surface area contributed by atoms with Crippen LogP contribution in [0.2, 0.25) is 0 Å². The lowest BCUT2D eigenvalue weighted by Crippen LogP contribution is -2.15. The minimum absolute atomic E-state index is 0.142. The van der Waals surface area contributed by atoms with Crippen LogP contribution in [-0.4, -0.2) is 11.1 Å². The second kappa shape index (κ2) is 2.85. The Morgan fingerprint density at radius 1 is 1.67 bits per heavy atom. The Bertz CT molecular complexity index is 105. The van der Waals surface area contributed by atoms with Gasteiger partial charge < -0.3 is 5.11 Å². The molecular weight excluding hydrogens is 116 g/mol. The van der Waals surface area contributed by atoms with Crippen molar-refractivity contribution >= 4 is 5.97 Å². The monoisotopic (exact) mass is 128 g/mol. The SMILES string of the molecule is [CH]CC(C)(C)CC(=O)O. The van der Waals surface area contributed by atoms with E-state index in [1.165, 1.54) is 0 Å². The van der Waals surface area contributed by atoms with Crippen molar-refractivity contribution in [1.82, 2.24) is 0 Å². The molecule has 0 heterocycles. The molecule has 0 spiro atoms. The third-order valence-electron chi connectivity index (χ3n) is 1.18. The number of hydrogen-bond acceptors (Lipinski definition) is 1. The Morgan fingerprint density at radius 2 is 2.11 bits per heavy atom. The van der Waals surface area contributed by atoms with Crippen molar-refractivity contribution in [2.75, 3.05) is 0 Å². The minimum Gasteiger partial charge on any atom is -0.481 e. The summed E-state index contributed by atoms with van der Waals surface area (Å²) < 4.78 is 0. The van der Waals surface area contributed by atoms with E-state index in [-0.39, 0.29) is 11.8 Å². The molecule has 0 unspecified atom stereocenters. The molecule has 0 aliphatic carbocycles. The molecule has 2 nitrogen and oxygen atoms in total. The van der Waals surface area contributed by atoms with E-state index in [1.54, 1.807) is 0 Å². The molecule has 0 saturated heterocycles. The van der Waals surface area contributed by atoms with Gasteiger partial charge in [-0.05, 0) is 18.8 Å². The first-order valence-electron chi connectivity index (χ1n) is 2.90. The fourth-order valence-corrected chi connectivity index (χ4v) is 0.482. The summed E-state index contributed by atoms with van der Waals surface area (Å²) in [6, 6.07) is 0. The molecule has 1 N–H and O–H groups in total. The van der Waals surface area contributed by atoms with Crippen molar-refractivity contribution in [3.8, 4) is 0 Å². The second-order valence-corrected chi connectivity index (χ2v) is 2.94. The summed E-state index contributed by atoms with van der Waals surface area (Å²) in [5.41, 5.74) is -0.258. The molecular formula is C7H12O2. The van der Waals surface area contributed by atoms with Crippen molar-refractivity contribution in [3.05, 3.63) is 6.92 Å². The van der Waals surface area contributed by atoms with E-state index in [1.807, 2.05) is 13.8 Å². The van der Waals surface area contributed by atoms with Gasteiger partial charge in [-0.2, -0.15) is 0 Å². The summed E-state index contributed by atoms with van der Waals surface area (Å²) in [5, 5.41) is 8.32. The van der Waals surface area contributed by atoms with Gasteiger partial charge in [-0.3, -0.25) is 4.79 Å². The average Bonchev–Trinajstić information content (AvgIpc) is 1.63. The molecule has 0 aliphatic heterocycles. The Labute approximate surface area is 55.9 Å². The highest BCUT2D eigenvalue weighted by Crippen LogP contribution is 2.23. The molecule has 0 saturated carbocycles.